The molecule has 2 rings (SSSR count). The summed E-state index contributed by atoms with van der Waals surface area (Å²) in [6.45, 7) is 3.07. The largest absolute Gasteiger partial charge is 0.383 e. The fraction of sp³-hybridized carbons (Fsp3) is 0.769. The highest BCUT2D eigenvalue weighted by atomic mass is 16.5. The minimum atomic E-state index is -0.119. The molecular weight excluding hydrogens is 216 g/mol. The summed E-state index contributed by atoms with van der Waals surface area (Å²) in [7, 11) is 1.63. The van der Waals surface area contributed by atoms with Crippen LogP contribution >= 0.6 is 0 Å². The van der Waals surface area contributed by atoms with E-state index in [1.807, 2.05) is 6.92 Å². The summed E-state index contributed by atoms with van der Waals surface area (Å²) in [5, 5.41) is 6.26. The molecule has 4 unspecified atom stereocenters. The second-order valence-corrected chi connectivity index (χ2v) is 5.02. The van der Waals surface area contributed by atoms with Crippen molar-refractivity contribution in [3.63, 3.8) is 0 Å². The standard InChI is InChI=1S/C13H22N2O2/c1-9(13(16)14-6-7-17-2)15-12-8-10-4-3-5-11(10)12/h3,5,9-12,15H,4,6-8H2,1-2H3,(H,14,16). The molecule has 1 amide bonds. The molecule has 0 saturated heterocycles. The molecule has 2 N–H and O–H groups in total. The number of rotatable bonds is 6. The molecule has 4 heteroatoms. The predicted molar refractivity (Wildman–Crippen MR) is 66.6 cm³/mol. The molecule has 0 aromatic rings. The van der Waals surface area contributed by atoms with Crippen molar-refractivity contribution in [3.05, 3.63) is 12.2 Å². The number of carbonyl (C=O) groups is 1. The maximum Gasteiger partial charge on any atom is 0.236 e. The van der Waals surface area contributed by atoms with Gasteiger partial charge in [0.2, 0.25) is 5.91 Å². The average Bonchev–Trinajstić information content (AvgIpc) is 2.67. The average molecular weight is 238 g/mol. The van der Waals surface area contributed by atoms with Gasteiger partial charge in [0, 0.05) is 19.7 Å². The lowest BCUT2D eigenvalue weighted by Gasteiger charge is -2.42. The van der Waals surface area contributed by atoms with Gasteiger partial charge >= 0.3 is 0 Å². The summed E-state index contributed by atoms with van der Waals surface area (Å²) < 4.78 is 4.90. The third kappa shape index (κ3) is 2.87. The lowest BCUT2D eigenvalue weighted by Crippen LogP contribution is -2.55. The zero-order valence-electron chi connectivity index (χ0n) is 10.6. The Hall–Kier alpha value is -0.870. The Morgan fingerprint density at radius 3 is 3.12 bits per heavy atom. The number of allylic oxidation sites excluding steroid dienone is 1. The highest BCUT2D eigenvalue weighted by Crippen LogP contribution is 2.42. The van der Waals surface area contributed by atoms with E-state index in [0.29, 0.717) is 25.1 Å². The van der Waals surface area contributed by atoms with Gasteiger partial charge in [-0.25, -0.2) is 0 Å². The molecule has 0 heterocycles. The van der Waals surface area contributed by atoms with E-state index in [9.17, 15) is 4.79 Å². The Bertz CT molecular complexity index is 304. The van der Waals surface area contributed by atoms with Gasteiger partial charge in [-0.15, -0.1) is 0 Å². The van der Waals surface area contributed by atoms with Crippen LogP contribution in [0, 0.1) is 11.8 Å². The van der Waals surface area contributed by atoms with E-state index in [1.165, 1.54) is 12.8 Å². The van der Waals surface area contributed by atoms with Gasteiger partial charge in [-0.1, -0.05) is 12.2 Å². The molecule has 0 spiro atoms. The lowest BCUT2D eigenvalue weighted by molar-refractivity contribution is -0.123. The highest BCUT2D eigenvalue weighted by molar-refractivity contribution is 5.81. The maximum absolute atomic E-state index is 11.7. The number of hydrogen-bond donors (Lipinski definition) is 2. The van der Waals surface area contributed by atoms with Gasteiger partial charge in [0.15, 0.2) is 0 Å². The first-order chi connectivity index (χ1) is 8.22. The Kier molecular flexibility index (Phi) is 4.18. The molecule has 1 fully saturated rings. The Morgan fingerprint density at radius 2 is 2.41 bits per heavy atom. The van der Waals surface area contributed by atoms with Crippen molar-refractivity contribution in [2.24, 2.45) is 11.8 Å². The van der Waals surface area contributed by atoms with E-state index in [-0.39, 0.29) is 11.9 Å². The summed E-state index contributed by atoms with van der Waals surface area (Å²) in [4.78, 5) is 11.7. The van der Waals surface area contributed by atoms with Crippen LogP contribution in [0.5, 0.6) is 0 Å². The van der Waals surface area contributed by atoms with Gasteiger partial charge in [0.1, 0.15) is 0 Å². The van der Waals surface area contributed by atoms with Crippen molar-refractivity contribution < 1.29 is 9.53 Å². The predicted octanol–water partition coefficient (Wildman–Crippen LogP) is 0.692. The first-order valence-corrected chi connectivity index (χ1v) is 6.41. The Balaban J connectivity index is 1.68. The van der Waals surface area contributed by atoms with Crippen LogP contribution in [0.1, 0.15) is 19.8 Å². The van der Waals surface area contributed by atoms with Crippen molar-refractivity contribution in [3.8, 4) is 0 Å². The zero-order chi connectivity index (χ0) is 12.3. The minimum Gasteiger partial charge on any atom is -0.383 e. The SMILES string of the molecule is COCCNC(=O)C(C)NC1CC2CC=CC21. The number of ether oxygens (including phenoxy) is 1. The van der Waals surface area contributed by atoms with E-state index in [0.717, 1.165) is 5.92 Å². The summed E-state index contributed by atoms with van der Waals surface area (Å²) in [6.07, 6.45) is 6.98. The van der Waals surface area contributed by atoms with Gasteiger partial charge in [0.05, 0.1) is 12.6 Å². The lowest BCUT2D eigenvalue weighted by atomic mass is 9.71. The summed E-state index contributed by atoms with van der Waals surface area (Å²) in [5.41, 5.74) is 0. The number of fused-ring (bicyclic) bond motifs is 1. The molecule has 17 heavy (non-hydrogen) atoms. The quantitative estimate of drug-likeness (QED) is 0.529. The van der Waals surface area contributed by atoms with Gasteiger partial charge in [-0.2, -0.15) is 0 Å². The summed E-state index contributed by atoms with van der Waals surface area (Å²) in [6, 6.07) is 0.369. The van der Waals surface area contributed by atoms with Crippen molar-refractivity contribution in [2.75, 3.05) is 20.3 Å². The van der Waals surface area contributed by atoms with E-state index in [4.69, 9.17) is 4.74 Å². The van der Waals surface area contributed by atoms with Crippen molar-refractivity contribution in [1.82, 2.24) is 10.6 Å². The van der Waals surface area contributed by atoms with Crippen LogP contribution in [-0.2, 0) is 9.53 Å². The molecule has 0 aromatic heterocycles. The molecule has 4 atom stereocenters. The maximum atomic E-state index is 11.7. The van der Waals surface area contributed by atoms with Crippen LogP contribution in [0.3, 0.4) is 0 Å². The van der Waals surface area contributed by atoms with Crippen LogP contribution in [0.2, 0.25) is 0 Å². The molecular formula is C13H22N2O2. The van der Waals surface area contributed by atoms with Crippen molar-refractivity contribution in [1.29, 1.82) is 0 Å². The first-order valence-electron chi connectivity index (χ1n) is 6.41. The molecule has 4 nitrogen and oxygen atoms in total. The number of methoxy groups -OCH3 is 1. The number of amides is 1. The zero-order valence-corrected chi connectivity index (χ0v) is 10.6. The van der Waals surface area contributed by atoms with E-state index < -0.39 is 0 Å². The second kappa shape index (κ2) is 5.65. The van der Waals surface area contributed by atoms with Crippen LogP contribution < -0.4 is 10.6 Å². The van der Waals surface area contributed by atoms with Gasteiger partial charge < -0.3 is 15.4 Å². The fourth-order valence-electron chi connectivity index (χ4n) is 2.73. The van der Waals surface area contributed by atoms with E-state index in [2.05, 4.69) is 22.8 Å². The van der Waals surface area contributed by atoms with Gasteiger partial charge in [0.25, 0.3) is 0 Å². The number of hydrogen-bond acceptors (Lipinski definition) is 3. The van der Waals surface area contributed by atoms with Crippen molar-refractivity contribution in [2.45, 2.75) is 31.8 Å². The smallest absolute Gasteiger partial charge is 0.236 e. The Morgan fingerprint density at radius 1 is 1.59 bits per heavy atom. The third-order valence-electron chi connectivity index (χ3n) is 3.83. The fourth-order valence-corrected chi connectivity index (χ4v) is 2.73. The van der Waals surface area contributed by atoms with E-state index >= 15 is 0 Å². The third-order valence-corrected chi connectivity index (χ3v) is 3.83. The molecule has 96 valence electrons. The van der Waals surface area contributed by atoms with Crippen LogP contribution in [0.15, 0.2) is 12.2 Å². The molecule has 0 aliphatic heterocycles. The van der Waals surface area contributed by atoms with Gasteiger partial charge in [-0.3, -0.25) is 4.79 Å². The topological polar surface area (TPSA) is 50.4 Å². The molecule has 2 aliphatic carbocycles. The highest BCUT2D eigenvalue weighted by Gasteiger charge is 2.41. The molecule has 0 aromatic carbocycles. The molecule has 0 bridgehead atoms. The molecule has 1 saturated carbocycles. The number of carbonyl (C=O) groups excluding carboxylic acids is 1. The second-order valence-electron chi connectivity index (χ2n) is 5.02. The van der Waals surface area contributed by atoms with Crippen LogP contribution in [0.25, 0.3) is 0 Å². The summed E-state index contributed by atoms with van der Waals surface area (Å²) >= 11 is 0. The number of nitrogens with one attached hydrogen (secondary N) is 2. The normalized spacial score (nSPS) is 31.8. The Labute approximate surface area is 103 Å². The molecule has 2 aliphatic rings. The summed E-state index contributed by atoms with van der Waals surface area (Å²) in [5.74, 6) is 1.55. The molecule has 0 radical (unpaired) electrons. The van der Waals surface area contributed by atoms with Crippen LogP contribution in [-0.4, -0.2) is 38.3 Å². The first kappa shape index (κ1) is 12.6. The van der Waals surface area contributed by atoms with E-state index in [1.54, 1.807) is 7.11 Å². The minimum absolute atomic E-state index is 0.0625. The monoisotopic (exact) mass is 238 g/mol. The van der Waals surface area contributed by atoms with Crippen LogP contribution in [0.4, 0.5) is 0 Å². The van der Waals surface area contributed by atoms with Gasteiger partial charge in [-0.05, 0) is 31.6 Å². The van der Waals surface area contributed by atoms with Crippen molar-refractivity contribution >= 4 is 5.91 Å².